The number of nitrogens with two attached hydrogens (primary N) is 1. The van der Waals surface area contributed by atoms with Gasteiger partial charge in [-0.05, 0) is 36.3 Å². The van der Waals surface area contributed by atoms with Crippen LogP contribution in [0.4, 0.5) is 0 Å². The van der Waals surface area contributed by atoms with E-state index in [1.165, 1.54) is 23.3 Å². The van der Waals surface area contributed by atoms with Crippen molar-refractivity contribution in [1.29, 1.82) is 0 Å². The van der Waals surface area contributed by atoms with Crippen LogP contribution in [0.3, 0.4) is 0 Å². The van der Waals surface area contributed by atoms with Gasteiger partial charge in [0.1, 0.15) is 10.9 Å². The second-order valence-electron chi connectivity index (χ2n) is 3.62. The maximum atomic E-state index is 5.91. The second-order valence-corrected chi connectivity index (χ2v) is 5.61. The Bertz CT molecular complexity index is 496. The molecule has 2 aromatic rings. The minimum atomic E-state index is -0.0234. The standard InChI is InChI=1S/C11H14N4S2/c1-3-9-14-11(17-15-9)16-10-8(7(2)12)5-4-6-13-10/h4-7H,3,12H2,1-2H3/t7-/m1/s1. The Balaban J connectivity index is 2.23. The molecule has 6 heteroatoms. The van der Waals surface area contributed by atoms with Crippen molar-refractivity contribution in [2.24, 2.45) is 5.73 Å². The van der Waals surface area contributed by atoms with Crippen molar-refractivity contribution in [3.8, 4) is 0 Å². The monoisotopic (exact) mass is 266 g/mol. The molecular formula is C11H14N4S2. The maximum absolute atomic E-state index is 5.91. The van der Waals surface area contributed by atoms with Crippen molar-refractivity contribution in [3.05, 3.63) is 29.7 Å². The van der Waals surface area contributed by atoms with Crippen molar-refractivity contribution in [3.63, 3.8) is 0 Å². The number of aryl methyl sites for hydroxylation is 1. The fraction of sp³-hybridized carbons (Fsp3) is 0.364. The lowest BCUT2D eigenvalue weighted by Crippen LogP contribution is -2.07. The molecule has 2 aromatic heterocycles. The first-order valence-corrected chi connectivity index (χ1v) is 7.00. The summed E-state index contributed by atoms with van der Waals surface area (Å²) in [5, 5.41) is 0.918. The summed E-state index contributed by atoms with van der Waals surface area (Å²) in [7, 11) is 0. The van der Waals surface area contributed by atoms with Crippen molar-refractivity contribution in [2.75, 3.05) is 0 Å². The summed E-state index contributed by atoms with van der Waals surface area (Å²) in [5.74, 6) is 0.885. The van der Waals surface area contributed by atoms with Crippen LogP contribution in [0.25, 0.3) is 0 Å². The molecule has 1 atom stereocenters. The third-order valence-corrected chi connectivity index (χ3v) is 4.06. The van der Waals surface area contributed by atoms with Crippen molar-refractivity contribution < 1.29 is 0 Å². The summed E-state index contributed by atoms with van der Waals surface area (Å²) < 4.78 is 5.17. The first kappa shape index (κ1) is 12.5. The van der Waals surface area contributed by atoms with Gasteiger partial charge in [-0.15, -0.1) is 0 Å². The van der Waals surface area contributed by atoms with Gasteiger partial charge in [0.15, 0.2) is 4.34 Å². The van der Waals surface area contributed by atoms with Crippen molar-refractivity contribution in [2.45, 2.75) is 35.7 Å². The van der Waals surface area contributed by atoms with E-state index in [0.717, 1.165) is 27.2 Å². The highest BCUT2D eigenvalue weighted by Gasteiger charge is 2.11. The third kappa shape index (κ3) is 3.02. The van der Waals surface area contributed by atoms with Crippen molar-refractivity contribution in [1.82, 2.24) is 14.3 Å². The van der Waals surface area contributed by atoms with Gasteiger partial charge in [0.25, 0.3) is 0 Å². The van der Waals surface area contributed by atoms with Crippen molar-refractivity contribution >= 4 is 23.3 Å². The fourth-order valence-electron chi connectivity index (χ4n) is 1.34. The Labute approximate surface area is 109 Å². The summed E-state index contributed by atoms with van der Waals surface area (Å²) in [6, 6.07) is 3.88. The van der Waals surface area contributed by atoms with Gasteiger partial charge < -0.3 is 5.73 Å². The van der Waals surface area contributed by atoms with Crippen LogP contribution >= 0.6 is 23.3 Å². The molecule has 0 aliphatic rings. The Hall–Kier alpha value is -0.980. The highest BCUT2D eigenvalue weighted by atomic mass is 32.2. The molecule has 2 heterocycles. The highest BCUT2D eigenvalue weighted by Crippen LogP contribution is 2.31. The topological polar surface area (TPSA) is 64.7 Å². The maximum Gasteiger partial charge on any atom is 0.176 e. The van der Waals surface area contributed by atoms with Gasteiger partial charge in [0.05, 0.1) is 0 Å². The Morgan fingerprint density at radius 3 is 3.00 bits per heavy atom. The number of hydrogen-bond donors (Lipinski definition) is 1. The molecule has 0 fully saturated rings. The third-order valence-electron chi connectivity index (χ3n) is 2.24. The fourth-order valence-corrected chi connectivity index (χ4v) is 3.14. The number of aromatic nitrogens is 3. The van der Waals surface area contributed by atoms with Crippen LogP contribution < -0.4 is 5.73 Å². The lowest BCUT2D eigenvalue weighted by molar-refractivity contribution is 0.779. The predicted octanol–water partition coefficient (Wildman–Crippen LogP) is 2.67. The molecule has 2 N–H and O–H groups in total. The van der Waals surface area contributed by atoms with Crippen LogP contribution in [0.1, 0.15) is 31.3 Å². The Morgan fingerprint density at radius 1 is 1.53 bits per heavy atom. The van der Waals surface area contributed by atoms with Crippen LogP contribution in [-0.4, -0.2) is 14.3 Å². The van der Waals surface area contributed by atoms with Gasteiger partial charge in [-0.1, -0.05) is 13.0 Å². The number of nitrogens with zero attached hydrogens (tertiary/aromatic N) is 3. The van der Waals surface area contributed by atoms with E-state index in [4.69, 9.17) is 5.73 Å². The summed E-state index contributed by atoms with van der Waals surface area (Å²) in [4.78, 5) is 8.77. The molecule has 4 nitrogen and oxygen atoms in total. The van der Waals surface area contributed by atoms with Gasteiger partial charge >= 0.3 is 0 Å². The van der Waals surface area contributed by atoms with Gasteiger partial charge in [-0.3, -0.25) is 0 Å². The van der Waals surface area contributed by atoms with Crippen LogP contribution in [0.15, 0.2) is 27.7 Å². The molecule has 90 valence electrons. The Morgan fingerprint density at radius 2 is 2.35 bits per heavy atom. The first-order chi connectivity index (χ1) is 8.20. The molecule has 0 saturated carbocycles. The SMILES string of the molecule is CCc1nsc(Sc2ncccc2[C@@H](C)N)n1. The zero-order valence-corrected chi connectivity index (χ0v) is 11.4. The molecule has 0 spiro atoms. The summed E-state index contributed by atoms with van der Waals surface area (Å²) in [5.41, 5.74) is 6.96. The van der Waals surface area contributed by atoms with E-state index >= 15 is 0 Å². The van der Waals surface area contributed by atoms with E-state index in [0.29, 0.717) is 0 Å². The van der Waals surface area contributed by atoms with Gasteiger partial charge in [-0.25, -0.2) is 9.97 Å². The van der Waals surface area contributed by atoms with E-state index in [-0.39, 0.29) is 6.04 Å². The minimum Gasteiger partial charge on any atom is -0.324 e. The summed E-state index contributed by atoms with van der Waals surface area (Å²) in [6.07, 6.45) is 2.63. The molecule has 0 aromatic carbocycles. The molecule has 17 heavy (non-hydrogen) atoms. The molecule has 0 bridgehead atoms. The molecule has 0 aliphatic heterocycles. The lowest BCUT2D eigenvalue weighted by atomic mass is 10.2. The van der Waals surface area contributed by atoms with E-state index < -0.39 is 0 Å². The molecular weight excluding hydrogens is 252 g/mol. The highest BCUT2D eigenvalue weighted by molar-refractivity contribution is 8.00. The number of rotatable bonds is 4. The summed E-state index contributed by atoms with van der Waals surface area (Å²) >= 11 is 2.94. The van der Waals surface area contributed by atoms with E-state index in [1.54, 1.807) is 6.20 Å². The molecule has 0 unspecified atom stereocenters. The number of pyridine rings is 1. The quantitative estimate of drug-likeness (QED) is 0.921. The van der Waals surface area contributed by atoms with E-state index in [2.05, 4.69) is 14.3 Å². The lowest BCUT2D eigenvalue weighted by Gasteiger charge is -2.08. The van der Waals surface area contributed by atoms with Crippen LogP contribution in [0.5, 0.6) is 0 Å². The van der Waals surface area contributed by atoms with E-state index in [1.807, 2.05) is 26.0 Å². The van der Waals surface area contributed by atoms with Crippen LogP contribution in [0, 0.1) is 0 Å². The molecule has 2 rings (SSSR count). The minimum absolute atomic E-state index is 0.0234. The average Bonchev–Trinajstić information content (AvgIpc) is 2.77. The second kappa shape index (κ2) is 5.57. The first-order valence-electron chi connectivity index (χ1n) is 5.41. The normalized spacial score (nSPS) is 12.6. The zero-order valence-electron chi connectivity index (χ0n) is 9.75. The molecule has 0 saturated heterocycles. The largest absolute Gasteiger partial charge is 0.324 e. The van der Waals surface area contributed by atoms with Gasteiger partial charge in [0.2, 0.25) is 0 Å². The molecule has 0 radical (unpaired) electrons. The Kier molecular flexibility index (Phi) is 4.09. The molecule has 0 aliphatic carbocycles. The number of hydrogen-bond acceptors (Lipinski definition) is 6. The van der Waals surface area contributed by atoms with Gasteiger partial charge in [-0.2, -0.15) is 4.37 Å². The summed E-state index contributed by atoms with van der Waals surface area (Å²) in [6.45, 7) is 4.00. The zero-order chi connectivity index (χ0) is 12.3. The van der Waals surface area contributed by atoms with Crippen LogP contribution in [-0.2, 0) is 6.42 Å². The van der Waals surface area contributed by atoms with Crippen LogP contribution in [0.2, 0.25) is 0 Å². The van der Waals surface area contributed by atoms with E-state index in [9.17, 15) is 0 Å². The smallest absolute Gasteiger partial charge is 0.176 e. The predicted molar refractivity (Wildman–Crippen MR) is 70.2 cm³/mol. The van der Waals surface area contributed by atoms with Gasteiger partial charge in [0, 0.05) is 24.2 Å². The average molecular weight is 266 g/mol. The molecule has 0 amide bonds.